The number of hydrogen-bond acceptors (Lipinski definition) is 2. The lowest BCUT2D eigenvalue weighted by atomic mass is 9.98. The van der Waals surface area contributed by atoms with E-state index in [9.17, 15) is 4.39 Å². The van der Waals surface area contributed by atoms with Crippen LogP contribution in [0.5, 0.6) is 5.75 Å². The number of halogens is 2. The predicted molar refractivity (Wildman–Crippen MR) is 87.2 cm³/mol. The van der Waals surface area contributed by atoms with E-state index in [1.54, 1.807) is 0 Å². The molecule has 1 N–H and O–H groups in total. The van der Waals surface area contributed by atoms with Gasteiger partial charge in [-0.3, -0.25) is 0 Å². The second kappa shape index (κ2) is 7.57. The summed E-state index contributed by atoms with van der Waals surface area (Å²) in [7, 11) is 1.88. The summed E-state index contributed by atoms with van der Waals surface area (Å²) in [6.45, 7) is 2.57. The van der Waals surface area contributed by atoms with Crippen molar-refractivity contribution in [3.8, 4) is 5.75 Å². The zero-order valence-electron chi connectivity index (χ0n) is 12.2. The number of rotatable bonds is 6. The molecule has 2 rings (SSSR count). The second-order valence-electron chi connectivity index (χ2n) is 4.75. The van der Waals surface area contributed by atoms with Crippen LogP contribution in [0.25, 0.3) is 0 Å². The van der Waals surface area contributed by atoms with Crippen molar-refractivity contribution in [3.05, 3.63) is 63.9 Å². The first-order chi connectivity index (χ1) is 10.2. The Labute approximate surface area is 133 Å². The summed E-state index contributed by atoms with van der Waals surface area (Å²) in [5.74, 6) is 0.649. The van der Waals surface area contributed by atoms with Crippen molar-refractivity contribution >= 4 is 15.9 Å². The van der Waals surface area contributed by atoms with Gasteiger partial charge < -0.3 is 10.1 Å². The van der Waals surface area contributed by atoms with Crippen LogP contribution in [-0.2, 0) is 6.42 Å². The van der Waals surface area contributed by atoms with E-state index >= 15 is 0 Å². The minimum atomic E-state index is -0.196. The highest BCUT2D eigenvalue weighted by molar-refractivity contribution is 9.10. The smallest absolute Gasteiger partial charge is 0.127 e. The van der Waals surface area contributed by atoms with Crippen LogP contribution in [0.3, 0.4) is 0 Å². The molecule has 0 amide bonds. The molecule has 1 unspecified atom stereocenters. The number of ether oxygens (including phenoxy) is 1. The van der Waals surface area contributed by atoms with E-state index < -0.39 is 0 Å². The Morgan fingerprint density at radius 1 is 1.24 bits per heavy atom. The molecule has 2 aromatic carbocycles. The van der Waals surface area contributed by atoms with Crippen molar-refractivity contribution in [1.29, 1.82) is 0 Å². The van der Waals surface area contributed by atoms with Crippen molar-refractivity contribution in [2.24, 2.45) is 0 Å². The van der Waals surface area contributed by atoms with Crippen LogP contribution < -0.4 is 10.1 Å². The highest BCUT2D eigenvalue weighted by atomic mass is 79.9. The Bertz CT molecular complexity index is 603. The molecule has 0 saturated heterocycles. The SMILES string of the molecule is CCOc1ccccc1C(Cc1ccc(Br)cc1F)NC. The first kappa shape index (κ1) is 16.0. The Hall–Kier alpha value is -1.39. The summed E-state index contributed by atoms with van der Waals surface area (Å²) in [5, 5.41) is 3.25. The number of para-hydroxylation sites is 1. The fourth-order valence-corrected chi connectivity index (χ4v) is 2.66. The molecule has 0 heterocycles. The third-order valence-electron chi connectivity index (χ3n) is 3.38. The molecule has 0 radical (unpaired) electrons. The highest BCUT2D eigenvalue weighted by Gasteiger charge is 2.16. The minimum absolute atomic E-state index is 0.00317. The molecule has 0 spiro atoms. The second-order valence-corrected chi connectivity index (χ2v) is 5.67. The molecule has 0 aliphatic heterocycles. The van der Waals surface area contributed by atoms with E-state index in [-0.39, 0.29) is 11.9 Å². The van der Waals surface area contributed by atoms with Crippen LogP contribution in [0.15, 0.2) is 46.9 Å². The summed E-state index contributed by atoms with van der Waals surface area (Å²) >= 11 is 3.28. The molecule has 112 valence electrons. The minimum Gasteiger partial charge on any atom is -0.494 e. The Morgan fingerprint density at radius 3 is 2.67 bits per heavy atom. The summed E-state index contributed by atoms with van der Waals surface area (Å²) in [5.41, 5.74) is 1.73. The third kappa shape index (κ3) is 4.05. The molecule has 21 heavy (non-hydrogen) atoms. The molecule has 0 fully saturated rings. The first-order valence-corrected chi connectivity index (χ1v) is 7.78. The largest absolute Gasteiger partial charge is 0.494 e. The van der Waals surface area contributed by atoms with Gasteiger partial charge >= 0.3 is 0 Å². The standard InChI is InChI=1S/C17H19BrFNO/c1-3-21-17-7-5-4-6-14(17)16(20-2)10-12-8-9-13(18)11-15(12)19/h4-9,11,16,20H,3,10H2,1-2H3. The quantitative estimate of drug-likeness (QED) is 0.827. The van der Waals surface area contributed by atoms with Crippen LogP contribution in [0.4, 0.5) is 4.39 Å². The van der Waals surface area contributed by atoms with Gasteiger partial charge in [-0.25, -0.2) is 4.39 Å². The van der Waals surface area contributed by atoms with Gasteiger partial charge in [0, 0.05) is 16.1 Å². The van der Waals surface area contributed by atoms with Gasteiger partial charge in [0.05, 0.1) is 6.61 Å². The molecule has 0 aromatic heterocycles. The van der Waals surface area contributed by atoms with E-state index in [1.165, 1.54) is 6.07 Å². The normalized spacial score (nSPS) is 12.2. The van der Waals surface area contributed by atoms with Crippen LogP contribution in [0.1, 0.15) is 24.1 Å². The first-order valence-electron chi connectivity index (χ1n) is 6.98. The predicted octanol–water partition coefficient (Wildman–Crippen LogP) is 4.49. The maximum atomic E-state index is 14.0. The van der Waals surface area contributed by atoms with Crippen molar-refractivity contribution in [2.45, 2.75) is 19.4 Å². The number of benzene rings is 2. The summed E-state index contributed by atoms with van der Waals surface area (Å²) in [4.78, 5) is 0. The van der Waals surface area contributed by atoms with Gasteiger partial charge in [0.25, 0.3) is 0 Å². The molecule has 0 saturated carbocycles. The third-order valence-corrected chi connectivity index (χ3v) is 3.88. The summed E-state index contributed by atoms with van der Waals surface area (Å²) < 4.78 is 20.4. The lowest BCUT2D eigenvalue weighted by Gasteiger charge is -2.20. The van der Waals surface area contributed by atoms with E-state index in [0.717, 1.165) is 15.8 Å². The lowest BCUT2D eigenvalue weighted by Crippen LogP contribution is -2.20. The van der Waals surface area contributed by atoms with Gasteiger partial charge in [0.15, 0.2) is 0 Å². The molecular formula is C17H19BrFNO. The molecule has 1 atom stereocenters. The number of hydrogen-bond donors (Lipinski definition) is 1. The topological polar surface area (TPSA) is 21.3 Å². The van der Waals surface area contributed by atoms with Crippen molar-refractivity contribution < 1.29 is 9.13 Å². The molecular weight excluding hydrogens is 333 g/mol. The monoisotopic (exact) mass is 351 g/mol. The van der Waals surface area contributed by atoms with Crippen LogP contribution in [-0.4, -0.2) is 13.7 Å². The van der Waals surface area contributed by atoms with Gasteiger partial charge in [-0.05, 0) is 44.2 Å². The number of likely N-dealkylation sites (N-methyl/N-ethyl adjacent to an activating group) is 1. The van der Waals surface area contributed by atoms with Crippen LogP contribution in [0, 0.1) is 5.82 Å². The van der Waals surface area contributed by atoms with Crippen molar-refractivity contribution in [3.63, 3.8) is 0 Å². The van der Waals surface area contributed by atoms with Gasteiger partial charge in [0.2, 0.25) is 0 Å². The maximum Gasteiger partial charge on any atom is 0.127 e. The Morgan fingerprint density at radius 2 is 2.00 bits per heavy atom. The van der Waals surface area contributed by atoms with Crippen molar-refractivity contribution in [2.75, 3.05) is 13.7 Å². The maximum absolute atomic E-state index is 14.0. The zero-order chi connectivity index (χ0) is 15.2. The molecule has 0 aliphatic carbocycles. The molecule has 2 nitrogen and oxygen atoms in total. The Balaban J connectivity index is 2.27. The van der Waals surface area contributed by atoms with Gasteiger partial charge in [0.1, 0.15) is 11.6 Å². The van der Waals surface area contributed by atoms with Crippen LogP contribution >= 0.6 is 15.9 Å². The lowest BCUT2D eigenvalue weighted by molar-refractivity contribution is 0.332. The summed E-state index contributed by atoms with van der Waals surface area (Å²) in [6.07, 6.45) is 0.569. The highest BCUT2D eigenvalue weighted by Crippen LogP contribution is 2.28. The average molecular weight is 352 g/mol. The average Bonchev–Trinajstić information content (AvgIpc) is 2.48. The van der Waals surface area contributed by atoms with E-state index in [1.807, 2.05) is 50.4 Å². The molecule has 4 heteroatoms. The summed E-state index contributed by atoms with van der Waals surface area (Å²) in [6, 6.07) is 13.1. The van der Waals surface area contributed by atoms with Gasteiger partial charge in [-0.1, -0.05) is 40.2 Å². The van der Waals surface area contributed by atoms with E-state index in [4.69, 9.17) is 4.74 Å². The molecule has 2 aromatic rings. The van der Waals surface area contributed by atoms with Crippen LogP contribution in [0.2, 0.25) is 0 Å². The van der Waals surface area contributed by atoms with Gasteiger partial charge in [-0.15, -0.1) is 0 Å². The fourth-order valence-electron chi connectivity index (χ4n) is 2.33. The van der Waals surface area contributed by atoms with Gasteiger partial charge in [-0.2, -0.15) is 0 Å². The molecule has 0 bridgehead atoms. The van der Waals surface area contributed by atoms with E-state index in [2.05, 4.69) is 21.2 Å². The van der Waals surface area contributed by atoms with E-state index in [0.29, 0.717) is 18.6 Å². The zero-order valence-corrected chi connectivity index (χ0v) is 13.8. The fraction of sp³-hybridized carbons (Fsp3) is 0.294. The molecule has 0 aliphatic rings. The number of nitrogens with one attached hydrogen (secondary N) is 1. The van der Waals surface area contributed by atoms with Crippen molar-refractivity contribution in [1.82, 2.24) is 5.32 Å². The Kier molecular flexibility index (Phi) is 5.76.